The van der Waals surface area contributed by atoms with Crippen LogP contribution in [0.5, 0.6) is 0 Å². The minimum atomic E-state index is -3.42. The average Bonchev–Trinajstić information content (AvgIpc) is 4.08. The Labute approximate surface area is 376 Å². The van der Waals surface area contributed by atoms with E-state index in [4.69, 9.17) is 0 Å². The molecule has 0 radical (unpaired) electrons. The zero-order valence-corrected chi connectivity index (χ0v) is 36.2. The molecule has 0 saturated heterocycles. The number of rotatable bonds is 5. The predicted octanol–water partition coefficient (Wildman–Crippen LogP) is 13.9. The Morgan fingerprint density at radius 3 is 1.20 bits per heavy atom. The average molecular weight is 847 g/mol. The topological polar surface area (TPSA) is 26.9 Å². The lowest BCUT2D eigenvalue weighted by molar-refractivity contribution is 0.592. The molecule has 0 unspecified atom stereocenters. The predicted molar refractivity (Wildman–Crippen MR) is 271 cm³/mol. The van der Waals surface area contributed by atoms with Crippen LogP contribution < -0.4 is 15.9 Å². The van der Waals surface area contributed by atoms with Crippen LogP contribution >= 0.6 is 7.14 Å². The molecule has 2 heterocycles. The molecule has 1 spiro atoms. The Morgan fingerprint density at radius 1 is 0.323 bits per heavy atom. The summed E-state index contributed by atoms with van der Waals surface area (Å²) in [5.41, 5.74) is 15.6. The Kier molecular flexibility index (Phi) is 7.59. The monoisotopic (exact) mass is 846 g/mol. The molecule has 0 amide bonds. The first-order valence-electron chi connectivity index (χ1n) is 22.4. The molecule has 2 aliphatic carbocycles. The van der Waals surface area contributed by atoms with Crippen molar-refractivity contribution in [3.05, 3.63) is 259 Å². The maximum absolute atomic E-state index is 16.6. The molecule has 10 aromatic carbocycles. The molecule has 0 bridgehead atoms. The highest BCUT2D eigenvalue weighted by Crippen LogP contribution is 2.64. The van der Waals surface area contributed by atoms with Crippen molar-refractivity contribution < 1.29 is 4.57 Å². The summed E-state index contributed by atoms with van der Waals surface area (Å²) in [4.78, 5) is 0. The summed E-state index contributed by atoms with van der Waals surface area (Å²) in [5.74, 6) is 0. The van der Waals surface area contributed by atoms with E-state index in [9.17, 15) is 0 Å². The number of nitrogens with zero attached hydrogens (tertiary/aromatic N) is 2. The summed E-state index contributed by atoms with van der Waals surface area (Å²) in [5, 5.41) is 7.45. The van der Waals surface area contributed by atoms with Gasteiger partial charge in [-0.15, -0.1) is 0 Å². The molecule has 0 fully saturated rings. The normalized spacial score (nSPS) is 13.4. The molecule has 14 rings (SSSR count). The van der Waals surface area contributed by atoms with E-state index in [0.29, 0.717) is 0 Å². The maximum atomic E-state index is 16.6. The third-order valence-electron chi connectivity index (χ3n) is 14.4. The van der Waals surface area contributed by atoms with Gasteiger partial charge >= 0.3 is 0 Å². The van der Waals surface area contributed by atoms with Gasteiger partial charge in [0.05, 0.1) is 27.5 Å². The number of hydrogen-bond acceptors (Lipinski definition) is 1. The van der Waals surface area contributed by atoms with Crippen LogP contribution in [-0.2, 0) is 9.98 Å². The molecule has 2 aliphatic rings. The highest BCUT2D eigenvalue weighted by Gasteiger charge is 2.53. The summed E-state index contributed by atoms with van der Waals surface area (Å²) < 4.78 is 21.5. The van der Waals surface area contributed by atoms with Gasteiger partial charge in [0, 0.05) is 48.8 Å². The largest absolute Gasteiger partial charge is 0.309 e. The van der Waals surface area contributed by atoms with E-state index < -0.39 is 12.6 Å². The zero-order valence-electron chi connectivity index (χ0n) is 35.3. The van der Waals surface area contributed by atoms with E-state index in [2.05, 4.69) is 185 Å². The molecule has 12 aromatic rings. The molecule has 0 aliphatic heterocycles. The fourth-order valence-electron chi connectivity index (χ4n) is 11.8. The second kappa shape index (κ2) is 13.5. The SMILES string of the molecule is O=P(c1ccccc1)(c1ccccc1)c1cccc2c1-c1ccccc1C21c2cc(-n3c4ccccc4c4ccccc43)ccc2-c2ccc(-n3c4ccccc4c4ccccc43)cc21. The fourth-order valence-corrected chi connectivity index (χ4v) is 14.7. The molecule has 304 valence electrons. The van der Waals surface area contributed by atoms with Gasteiger partial charge in [0.15, 0.2) is 7.14 Å². The molecule has 0 atom stereocenters. The van der Waals surface area contributed by atoms with Gasteiger partial charge in [-0.25, -0.2) is 0 Å². The second-order valence-corrected chi connectivity index (χ2v) is 20.2. The van der Waals surface area contributed by atoms with Gasteiger partial charge < -0.3 is 13.7 Å². The van der Waals surface area contributed by atoms with Crippen molar-refractivity contribution in [3.63, 3.8) is 0 Å². The van der Waals surface area contributed by atoms with E-state index in [0.717, 1.165) is 44.0 Å². The van der Waals surface area contributed by atoms with Crippen LogP contribution in [0.2, 0.25) is 0 Å². The minimum Gasteiger partial charge on any atom is -0.309 e. The van der Waals surface area contributed by atoms with Crippen molar-refractivity contribution in [1.29, 1.82) is 0 Å². The smallest absolute Gasteiger partial charge is 0.171 e. The van der Waals surface area contributed by atoms with Crippen molar-refractivity contribution in [2.24, 2.45) is 0 Å². The quantitative estimate of drug-likeness (QED) is 0.159. The van der Waals surface area contributed by atoms with Crippen LogP contribution in [-0.4, -0.2) is 9.13 Å². The van der Waals surface area contributed by atoms with Crippen LogP contribution in [0.1, 0.15) is 22.3 Å². The molecule has 2 aromatic heterocycles. The van der Waals surface area contributed by atoms with Crippen molar-refractivity contribution in [2.45, 2.75) is 5.41 Å². The highest BCUT2D eigenvalue weighted by atomic mass is 31.2. The zero-order chi connectivity index (χ0) is 42.9. The lowest BCUT2D eigenvalue weighted by Crippen LogP contribution is -2.29. The van der Waals surface area contributed by atoms with Crippen LogP contribution in [0, 0.1) is 0 Å². The van der Waals surface area contributed by atoms with Crippen LogP contribution in [0.3, 0.4) is 0 Å². The summed E-state index contributed by atoms with van der Waals surface area (Å²) in [6.07, 6.45) is 0. The van der Waals surface area contributed by atoms with Crippen LogP contribution in [0.25, 0.3) is 77.2 Å². The Balaban J connectivity index is 1.12. The molecule has 3 nitrogen and oxygen atoms in total. The molecule has 4 heteroatoms. The van der Waals surface area contributed by atoms with Gasteiger partial charge in [-0.3, -0.25) is 0 Å². The summed E-state index contributed by atoms with van der Waals surface area (Å²) >= 11 is 0. The Bertz CT molecular complexity index is 3680. The van der Waals surface area contributed by atoms with Crippen molar-refractivity contribution in [1.82, 2.24) is 9.13 Å². The molecular weight excluding hydrogens is 808 g/mol. The Hall–Kier alpha value is -7.97. The standard InChI is InChI=1S/C61H39N2OP/c64-65(42-18-3-1-4-19-42,43-20-5-2-6-21-43)59-33-17-28-52-60(59)50-26-7-12-27-51(50)61(52)53-38-40(62-55-29-13-8-22-46(55)47-23-9-14-30-56(47)62)34-36-44(53)45-37-35-41(39-54(45)61)63-57-31-15-10-24-48(57)49-25-11-16-32-58(49)63/h1-39H. The lowest BCUT2D eigenvalue weighted by atomic mass is 9.70. The van der Waals surface area contributed by atoms with Gasteiger partial charge in [-0.2, -0.15) is 0 Å². The summed E-state index contributed by atoms with van der Waals surface area (Å²) in [6, 6.07) is 85.0. The third-order valence-corrected chi connectivity index (χ3v) is 17.5. The number of fused-ring (bicyclic) bond motifs is 16. The van der Waals surface area contributed by atoms with Crippen LogP contribution in [0.4, 0.5) is 0 Å². The molecular formula is C61H39N2OP. The third kappa shape index (κ3) is 4.78. The van der Waals surface area contributed by atoms with E-state index in [1.54, 1.807) is 0 Å². The first-order chi connectivity index (χ1) is 32.2. The van der Waals surface area contributed by atoms with E-state index >= 15 is 4.57 Å². The van der Waals surface area contributed by atoms with Crippen molar-refractivity contribution in [3.8, 4) is 33.6 Å². The van der Waals surface area contributed by atoms with Crippen molar-refractivity contribution in [2.75, 3.05) is 0 Å². The van der Waals surface area contributed by atoms with E-state index in [1.165, 1.54) is 71.4 Å². The van der Waals surface area contributed by atoms with Gasteiger partial charge in [-0.1, -0.05) is 188 Å². The first-order valence-corrected chi connectivity index (χ1v) is 24.1. The highest BCUT2D eigenvalue weighted by molar-refractivity contribution is 7.85. The number of benzene rings is 10. The number of hydrogen-bond donors (Lipinski definition) is 0. The number of aromatic nitrogens is 2. The first kappa shape index (κ1) is 36.5. The number of para-hydroxylation sites is 4. The second-order valence-electron chi connectivity index (χ2n) is 17.5. The maximum Gasteiger partial charge on any atom is 0.171 e. The fraction of sp³-hybridized carbons (Fsp3) is 0.0164. The lowest BCUT2D eigenvalue weighted by Gasteiger charge is -2.31. The summed E-state index contributed by atoms with van der Waals surface area (Å²) in [7, 11) is -3.42. The van der Waals surface area contributed by atoms with Gasteiger partial charge in [-0.05, 0) is 93.0 Å². The molecule has 0 N–H and O–H groups in total. The van der Waals surface area contributed by atoms with Gasteiger partial charge in [0.2, 0.25) is 0 Å². The van der Waals surface area contributed by atoms with Crippen molar-refractivity contribution >= 4 is 66.7 Å². The molecule has 65 heavy (non-hydrogen) atoms. The van der Waals surface area contributed by atoms with E-state index in [1.807, 2.05) is 60.7 Å². The van der Waals surface area contributed by atoms with E-state index in [-0.39, 0.29) is 0 Å². The Morgan fingerprint density at radius 2 is 0.723 bits per heavy atom. The molecule has 0 saturated carbocycles. The van der Waals surface area contributed by atoms with Gasteiger partial charge in [0.25, 0.3) is 0 Å². The van der Waals surface area contributed by atoms with Crippen LogP contribution in [0.15, 0.2) is 237 Å². The van der Waals surface area contributed by atoms with Gasteiger partial charge in [0.1, 0.15) is 0 Å². The summed E-state index contributed by atoms with van der Waals surface area (Å²) in [6.45, 7) is 0. The minimum absolute atomic E-state index is 0.742.